The zero-order chi connectivity index (χ0) is 22.8. The van der Waals surface area contributed by atoms with Gasteiger partial charge in [-0.3, -0.25) is 9.48 Å². The lowest BCUT2D eigenvalue weighted by molar-refractivity contribution is 0.0691. The molecule has 0 N–H and O–H groups in total. The predicted octanol–water partition coefficient (Wildman–Crippen LogP) is 7.00. The maximum atomic E-state index is 13.1. The van der Waals surface area contributed by atoms with Gasteiger partial charge < -0.3 is 4.90 Å². The molecule has 33 heavy (non-hydrogen) atoms. The Balaban J connectivity index is 1.41. The van der Waals surface area contributed by atoms with Crippen molar-refractivity contribution in [3.8, 4) is 22.5 Å². The molecule has 0 spiro atoms. The van der Waals surface area contributed by atoms with E-state index in [2.05, 4.69) is 35.0 Å². The quantitative estimate of drug-likeness (QED) is 0.318. The van der Waals surface area contributed by atoms with Crippen molar-refractivity contribution in [2.45, 2.75) is 18.9 Å². The van der Waals surface area contributed by atoms with Crippen molar-refractivity contribution in [1.29, 1.82) is 0 Å². The van der Waals surface area contributed by atoms with E-state index in [1.807, 2.05) is 41.3 Å². The van der Waals surface area contributed by atoms with E-state index in [1.165, 1.54) is 0 Å². The second-order valence-corrected chi connectivity index (χ2v) is 9.03. The highest BCUT2D eigenvalue weighted by atomic mass is 35.5. The van der Waals surface area contributed by atoms with Gasteiger partial charge in [0.25, 0.3) is 5.91 Å². The van der Waals surface area contributed by atoms with Gasteiger partial charge in [-0.25, -0.2) is 0 Å². The molecule has 0 atom stereocenters. The fourth-order valence-corrected chi connectivity index (χ4v) is 4.98. The molecule has 6 heteroatoms. The number of carbonyl (C=O) groups excluding carboxylic acids is 1. The standard InChI is InChI=1S/C27H23Cl2N3O/c28-22-12-7-13-23(29)26(22)27(33)31-16-14-21(15-17-31)32-25(20-10-5-2-6-11-20)18-24(30-32)19-8-3-1-4-9-19/h1-13,18,21H,14-17H2. The van der Waals surface area contributed by atoms with E-state index in [-0.39, 0.29) is 11.9 Å². The number of piperidine rings is 1. The molecule has 3 aromatic carbocycles. The van der Waals surface area contributed by atoms with Crippen molar-refractivity contribution in [2.24, 2.45) is 0 Å². The van der Waals surface area contributed by atoms with Crippen LogP contribution in [-0.2, 0) is 0 Å². The van der Waals surface area contributed by atoms with Crippen molar-refractivity contribution >= 4 is 29.1 Å². The van der Waals surface area contributed by atoms with Crippen LogP contribution in [-0.4, -0.2) is 33.7 Å². The summed E-state index contributed by atoms with van der Waals surface area (Å²) in [5, 5.41) is 5.79. The van der Waals surface area contributed by atoms with E-state index in [0.717, 1.165) is 35.4 Å². The number of likely N-dealkylation sites (tertiary alicyclic amines) is 1. The van der Waals surface area contributed by atoms with Crippen LogP contribution in [0.5, 0.6) is 0 Å². The zero-order valence-corrected chi connectivity index (χ0v) is 19.5. The largest absolute Gasteiger partial charge is 0.338 e. The van der Waals surface area contributed by atoms with Crippen molar-refractivity contribution in [3.05, 3.63) is 101 Å². The van der Waals surface area contributed by atoms with Crippen LogP contribution in [0.25, 0.3) is 22.5 Å². The summed E-state index contributed by atoms with van der Waals surface area (Å²) in [4.78, 5) is 14.9. The molecule has 1 fully saturated rings. The van der Waals surface area contributed by atoms with Crippen LogP contribution in [0.1, 0.15) is 29.2 Å². The molecule has 1 saturated heterocycles. The molecule has 166 valence electrons. The number of benzene rings is 3. The molecule has 4 nitrogen and oxygen atoms in total. The van der Waals surface area contributed by atoms with E-state index in [0.29, 0.717) is 28.7 Å². The van der Waals surface area contributed by atoms with Crippen LogP contribution in [0.3, 0.4) is 0 Å². The molecular formula is C27H23Cl2N3O. The molecule has 0 aliphatic carbocycles. The summed E-state index contributed by atoms with van der Waals surface area (Å²) in [5.74, 6) is -0.113. The Kier molecular flexibility index (Phi) is 6.21. The number of hydrogen-bond donors (Lipinski definition) is 0. The SMILES string of the molecule is O=C(c1c(Cl)cccc1Cl)N1CCC(n2nc(-c3ccccc3)cc2-c2ccccc2)CC1. The van der Waals surface area contributed by atoms with Crippen LogP contribution < -0.4 is 0 Å². The van der Waals surface area contributed by atoms with Gasteiger partial charge in [-0.05, 0) is 36.6 Å². The van der Waals surface area contributed by atoms with Gasteiger partial charge in [-0.15, -0.1) is 0 Å². The number of amides is 1. The van der Waals surface area contributed by atoms with Gasteiger partial charge in [0.2, 0.25) is 0 Å². The molecule has 4 aromatic rings. The molecular weight excluding hydrogens is 453 g/mol. The van der Waals surface area contributed by atoms with E-state index in [9.17, 15) is 4.79 Å². The van der Waals surface area contributed by atoms with Gasteiger partial charge in [0.15, 0.2) is 0 Å². The molecule has 0 saturated carbocycles. The highest BCUT2D eigenvalue weighted by Gasteiger charge is 2.29. The summed E-state index contributed by atoms with van der Waals surface area (Å²) < 4.78 is 2.14. The van der Waals surface area contributed by atoms with Crippen LogP contribution in [0.15, 0.2) is 84.9 Å². The number of aromatic nitrogens is 2. The maximum absolute atomic E-state index is 13.1. The van der Waals surface area contributed by atoms with Crippen molar-refractivity contribution in [2.75, 3.05) is 13.1 Å². The second kappa shape index (κ2) is 9.42. The van der Waals surface area contributed by atoms with Gasteiger partial charge in [0.05, 0.1) is 33.0 Å². The zero-order valence-electron chi connectivity index (χ0n) is 18.0. The first-order chi connectivity index (χ1) is 16.1. The van der Waals surface area contributed by atoms with Crippen LogP contribution in [0, 0.1) is 0 Å². The molecule has 1 aliphatic rings. The third kappa shape index (κ3) is 4.41. The molecule has 0 radical (unpaired) electrons. The lowest BCUT2D eigenvalue weighted by Gasteiger charge is -2.33. The highest BCUT2D eigenvalue weighted by molar-refractivity contribution is 6.39. The topological polar surface area (TPSA) is 38.1 Å². The Morgan fingerprint density at radius 3 is 1.97 bits per heavy atom. The summed E-state index contributed by atoms with van der Waals surface area (Å²) in [6.07, 6.45) is 1.62. The fraction of sp³-hybridized carbons (Fsp3) is 0.185. The summed E-state index contributed by atoms with van der Waals surface area (Å²) in [6, 6.07) is 28.1. The Bertz CT molecular complexity index is 1240. The van der Waals surface area contributed by atoms with Gasteiger partial charge in [0, 0.05) is 18.7 Å². The molecule has 0 unspecified atom stereocenters. The van der Waals surface area contributed by atoms with E-state index < -0.39 is 0 Å². The van der Waals surface area contributed by atoms with E-state index in [4.69, 9.17) is 28.3 Å². The highest BCUT2D eigenvalue weighted by Crippen LogP contribution is 2.33. The molecule has 5 rings (SSSR count). The lowest BCUT2D eigenvalue weighted by Crippen LogP contribution is -2.39. The monoisotopic (exact) mass is 475 g/mol. The second-order valence-electron chi connectivity index (χ2n) is 8.21. The Labute approximate surface area is 203 Å². The first kappa shape index (κ1) is 21.7. The van der Waals surface area contributed by atoms with Crippen molar-refractivity contribution < 1.29 is 4.79 Å². The molecule has 1 amide bonds. The molecule has 1 aromatic heterocycles. The lowest BCUT2D eigenvalue weighted by atomic mass is 10.0. The normalized spacial score (nSPS) is 14.4. The molecule has 2 heterocycles. The van der Waals surface area contributed by atoms with Crippen molar-refractivity contribution in [1.82, 2.24) is 14.7 Å². The number of hydrogen-bond acceptors (Lipinski definition) is 2. The Morgan fingerprint density at radius 1 is 0.788 bits per heavy atom. The first-order valence-corrected chi connectivity index (χ1v) is 11.8. The Hall–Kier alpha value is -3.08. The smallest absolute Gasteiger partial charge is 0.256 e. The van der Waals surface area contributed by atoms with Crippen LogP contribution >= 0.6 is 23.2 Å². The molecule has 1 aliphatic heterocycles. The summed E-state index contributed by atoms with van der Waals surface area (Å²) in [7, 11) is 0. The Morgan fingerprint density at radius 2 is 1.36 bits per heavy atom. The third-order valence-corrected chi connectivity index (χ3v) is 6.78. The summed E-state index contributed by atoms with van der Waals surface area (Å²) in [5.41, 5.74) is 4.65. The van der Waals surface area contributed by atoms with Gasteiger partial charge in [0.1, 0.15) is 0 Å². The first-order valence-electron chi connectivity index (χ1n) is 11.1. The van der Waals surface area contributed by atoms with Gasteiger partial charge in [-0.1, -0.05) is 89.9 Å². The fourth-order valence-electron chi connectivity index (χ4n) is 4.42. The predicted molar refractivity (Wildman–Crippen MR) is 134 cm³/mol. The summed E-state index contributed by atoms with van der Waals surface area (Å²) >= 11 is 12.5. The number of rotatable bonds is 4. The minimum atomic E-state index is -0.113. The van der Waals surface area contributed by atoms with Gasteiger partial charge >= 0.3 is 0 Å². The average molecular weight is 476 g/mol. The maximum Gasteiger partial charge on any atom is 0.256 e. The van der Waals surface area contributed by atoms with Gasteiger partial charge in [-0.2, -0.15) is 5.10 Å². The third-order valence-electron chi connectivity index (χ3n) is 6.15. The van der Waals surface area contributed by atoms with Crippen LogP contribution in [0.4, 0.5) is 0 Å². The minimum absolute atomic E-state index is 0.113. The van der Waals surface area contributed by atoms with E-state index in [1.54, 1.807) is 18.2 Å². The van der Waals surface area contributed by atoms with Crippen molar-refractivity contribution in [3.63, 3.8) is 0 Å². The molecule has 0 bridgehead atoms. The number of nitrogens with zero attached hydrogens (tertiary/aromatic N) is 3. The summed E-state index contributed by atoms with van der Waals surface area (Å²) in [6.45, 7) is 1.25. The number of halogens is 2. The minimum Gasteiger partial charge on any atom is -0.338 e. The number of carbonyl (C=O) groups is 1. The average Bonchev–Trinajstić information content (AvgIpc) is 3.31. The van der Waals surface area contributed by atoms with Crippen LogP contribution in [0.2, 0.25) is 10.0 Å². The van der Waals surface area contributed by atoms with E-state index >= 15 is 0 Å².